The van der Waals surface area contributed by atoms with Crippen LogP contribution in [-0.4, -0.2) is 66.3 Å². The van der Waals surface area contributed by atoms with Crippen LogP contribution in [0.4, 0.5) is 10.1 Å². The second-order valence-electron chi connectivity index (χ2n) is 9.61. The fraction of sp³-hybridized carbons (Fsp3) is 0.444. The number of imide groups is 1. The van der Waals surface area contributed by atoms with Gasteiger partial charge in [-0.3, -0.25) is 24.6 Å². The molecule has 0 radical (unpaired) electrons. The van der Waals surface area contributed by atoms with E-state index in [-0.39, 0.29) is 30.0 Å². The minimum Gasteiger partial charge on any atom is -0.369 e. The quantitative estimate of drug-likeness (QED) is 0.490. The summed E-state index contributed by atoms with van der Waals surface area (Å²) in [6.07, 6.45) is 3.65. The lowest BCUT2D eigenvalue weighted by atomic mass is 9.98. The lowest BCUT2D eigenvalue weighted by Gasteiger charge is -2.36. The van der Waals surface area contributed by atoms with E-state index in [1.807, 2.05) is 24.3 Å². The monoisotopic (exact) mass is 478 g/mol. The van der Waals surface area contributed by atoms with Crippen LogP contribution in [0.25, 0.3) is 0 Å². The minimum atomic E-state index is -0.575. The Morgan fingerprint density at radius 3 is 2.46 bits per heavy atom. The number of rotatable bonds is 7. The van der Waals surface area contributed by atoms with E-state index in [4.69, 9.17) is 0 Å². The number of nitrogens with zero attached hydrogens (tertiary/aromatic N) is 3. The highest BCUT2D eigenvalue weighted by atomic mass is 19.1. The van der Waals surface area contributed by atoms with Gasteiger partial charge in [-0.2, -0.15) is 0 Å². The molecule has 1 N–H and O–H groups in total. The molecule has 0 bridgehead atoms. The third-order valence-electron chi connectivity index (χ3n) is 7.41. The smallest absolute Gasteiger partial charge is 0.255 e. The van der Waals surface area contributed by atoms with Crippen molar-refractivity contribution in [1.29, 1.82) is 0 Å². The van der Waals surface area contributed by atoms with E-state index in [0.29, 0.717) is 18.5 Å². The molecule has 35 heavy (non-hydrogen) atoms. The zero-order valence-corrected chi connectivity index (χ0v) is 19.8. The number of piperidine rings is 1. The molecule has 2 aromatic carbocycles. The molecule has 0 aliphatic carbocycles. The summed E-state index contributed by atoms with van der Waals surface area (Å²) in [4.78, 5) is 43.2. The summed E-state index contributed by atoms with van der Waals surface area (Å²) in [6, 6.07) is 12.0. The SMILES string of the molecule is O=C1CCC(N2Cc3c(CCCCN4CCN(c5ccc(F)cc5)CC4)cccc3C2=O)C(=O)N1. The van der Waals surface area contributed by atoms with Crippen molar-refractivity contribution >= 4 is 23.4 Å². The van der Waals surface area contributed by atoms with E-state index in [1.54, 1.807) is 4.90 Å². The van der Waals surface area contributed by atoms with Crippen molar-refractivity contribution < 1.29 is 18.8 Å². The highest BCUT2D eigenvalue weighted by Crippen LogP contribution is 2.30. The molecule has 2 saturated heterocycles. The molecule has 184 valence electrons. The summed E-state index contributed by atoms with van der Waals surface area (Å²) in [5.74, 6) is -0.962. The van der Waals surface area contributed by atoms with E-state index in [1.165, 1.54) is 17.7 Å². The number of hydrogen-bond donors (Lipinski definition) is 1. The van der Waals surface area contributed by atoms with Crippen molar-refractivity contribution in [1.82, 2.24) is 15.1 Å². The van der Waals surface area contributed by atoms with Crippen LogP contribution in [0, 0.1) is 5.82 Å². The Balaban J connectivity index is 1.10. The summed E-state index contributed by atoms with van der Waals surface area (Å²) in [5.41, 5.74) is 3.95. The van der Waals surface area contributed by atoms with Gasteiger partial charge in [0, 0.05) is 50.4 Å². The zero-order valence-electron chi connectivity index (χ0n) is 19.8. The summed E-state index contributed by atoms with van der Waals surface area (Å²) in [5, 5.41) is 2.36. The summed E-state index contributed by atoms with van der Waals surface area (Å²) < 4.78 is 13.2. The van der Waals surface area contributed by atoms with Gasteiger partial charge < -0.3 is 9.80 Å². The number of anilines is 1. The number of piperazine rings is 1. The van der Waals surface area contributed by atoms with Crippen molar-refractivity contribution in [2.45, 2.75) is 44.7 Å². The number of aryl methyl sites for hydroxylation is 1. The molecule has 0 saturated carbocycles. The third-order valence-corrected chi connectivity index (χ3v) is 7.41. The second kappa shape index (κ2) is 10.2. The molecule has 3 amide bonds. The van der Waals surface area contributed by atoms with Gasteiger partial charge in [-0.1, -0.05) is 12.1 Å². The van der Waals surface area contributed by atoms with Gasteiger partial charge in [0.25, 0.3) is 5.91 Å². The molecule has 3 heterocycles. The number of amides is 3. The number of hydrogen-bond acceptors (Lipinski definition) is 5. The Kier molecular flexibility index (Phi) is 6.81. The van der Waals surface area contributed by atoms with Gasteiger partial charge in [0.2, 0.25) is 11.8 Å². The van der Waals surface area contributed by atoms with Crippen LogP contribution in [0.3, 0.4) is 0 Å². The molecule has 5 rings (SSSR count). The number of unbranched alkanes of at least 4 members (excludes halogenated alkanes) is 1. The number of carbonyl (C=O) groups excluding carboxylic acids is 3. The molecule has 0 spiro atoms. The lowest BCUT2D eigenvalue weighted by molar-refractivity contribution is -0.136. The van der Waals surface area contributed by atoms with Crippen molar-refractivity contribution in [2.24, 2.45) is 0 Å². The highest BCUT2D eigenvalue weighted by Gasteiger charge is 2.39. The molecule has 2 fully saturated rings. The Morgan fingerprint density at radius 1 is 0.943 bits per heavy atom. The van der Waals surface area contributed by atoms with Crippen LogP contribution in [0.1, 0.15) is 47.2 Å². The molecule has 3 aliphatic rings. The van der Waals surface area contributed by atoms with E-state index in [2.05, 4.69) is 21.2 Å². The van der Waals surface area contributed by atoms with Crippen molar-refractivity contribution in [3.63, 3.8) is 0 Å². The van der Waals surface area contributed by atoms with Crippen LogP contribution in [0.2, 0.25) is 0 Å². The number of halogens is 1. The maximum Gasteiger partial charge on any atom is 0.255 e. The van der Waals surface area contributed by atoms with Crippen LogP contribution in [0.5, 0.6) is 0 Å². The number of benzene rings is 2. The predicted octanol–water partition coefficient (Wildman–Crippen LogP) is 2.73. The van der Waals surface area contributed by atoms with Gasteiger partial charge in [0.1, 0.15) is 11.9 Å². The Morgan fingerprint density at radius 2 is 1.71 bits per heavy atom. The Hall–Kier alpha value is -3.26. The van der Waals surface area contributed by atoms with Gasteiger partial charge in [0.05, 0.1) is 0 Å². The molecule has 7 nitrogen and oxygen atoms in total. The molecule has 1 atom stereocenters. The van der Waals surface area contributed by atoms with Gasteiger partial charge in [0.15, 0.2) is 0 Å². The molecular formula is C27H31FN4O3. The molecule has 2 aromatic rings. The zero-order chi connectivity index (χ0) is 24.4. The fourth-order valence-electron chi connectivity index (χ4n) is 5.42. The molecule has 3 aliphatic heterocycles. The average molecular weight is 479 g/mol. The molecular weight excluding hydrogens is 447 g/mol. The average Bonchev–Trinajstić information content (AvgIpc) is 3.20. The van der Waals surface area contributed by atoms with E-state index < -0.39 is 6.04 Å². The summed E-state index contributed by atoms with van der Waals surface area (Å²) >= 11 is 0. The second-order valence-corrected chi connectivity index (χ2v) is 9.61. The van der Waals surface area contributed by atoms with E-state index in [9.17, 15) is 18.8 Å². The van der Waals surface area contributed by atoms with Crippen molar-refractivity contribution in [3.8, 4) is 0 Å². The first-order valence-corrected chi connectivity index (χ1v) is 12.5. The van der Waals surface area contributed by atoms with Gasteiger partial charge in [-0.05, 0) is 73.7 Å². The minimum absolute atomic E-state index is 0.115. The molecule has 0 aromatic heterocycles. The summed E-state index contributed by atoms with van der Waals surface area (Å²) in [7, 11) is 0. The first-order chi connectivity index (χ1) is 17.0. The first-order valence-electron chi connectivity index (χ1n) is 12.5. The predicted molar refractivity (Wildman–Crippen MR) is 130 cm³/mol. The largest absolute Gasteiger partial charge is 0.369 e. The van der Waals surface area contributed by atoms with Gasteiger partial charge in [-0.25, -0.2) is 4.39 Å². The van der Waals surface area contributed by atoms with Gasteiger partial charge in [-0.15, -0.1) is 0 Å². The normalized spacial score (nSPS) is 20.8. The maximum atomic E-state index is 13.2. The van der Waals surface area contributed by atoms with Crippen LogP contribution in [-0.2, 0) is 22.6 Å². The van der Waals surface area contributed by atoms with Crippen LogP contribution < -0.4 is 10.2 Å². The summed E-state index contributed by atoms with van der Waals surface area (Å²) in [6.45, 7) is 5.34. The Bertz CT molecular complexity index is 1110. The van der Waals surface area contributed by atoms with Crippen molar-refractivity contribution in [2.75, 3.05) is 37.6 Å². The van der Waals surface area contributed by atoms with E-state index in [0.717, 1.165) is 63.2 Å². The topological polar surface area (TPSA) is 73.0 Å². The van der Waals surface area contributed by atoms with E-state index >= 15 is 0 Å². The fourth-order valence-corrected chi connectivity index (χ4v) is 5.42. The van der Waals surface area contributed by atoms with Crippen LogP contribution >= 0.6 is 0 Å². The van der Waals surface area contributed by atoms with Gasteiger partial charge >= 0.3 is 0 Å². The Labute approximate surface area is 204 Å². The standard InChI is InChI=1S/C27H31FN4O3/c28-20-7-9-21(10-8-20)31-16-14-30(15-17-31)13-2-1-4-19-5-3-6-22-23(19)18-32(27(22)35)24-11-12-25(33)29-26(24)34/h3,5-10,24H,1-2,4,11-18H2,(H,29,33,34). The number of carbonyl (C=O) groups is 3. The molecule has 1 unspecified atom stereocenters. The number of nitrogens with one attached hydrogen (secondary N) is 1. The van der Waals surface area contributed by atoms with Crippen molar-refractivity contribution in [3.05, 3.63) is 65.0 Å². The molecule has 8 heteroatoms. The number of fused-ring (bicyclic) bond motifs is 1. The first kappa shape index (κ1) is 23.5. The maximum absolute atomic E-state index is 13.2. The third kappa shape index (κ3) is 5.07. The van der Waals surface area contributed by atoms with Crippen LogP contribution in [0.15, 0.2) is 42.5 Å². The lowest BCUT2D eigenvalue weighted by Crippen LogP contribution is -2.52. The highest BCUT2D eigenvalue weighted by molar-refractivity contribution is 6.05.